The summed E-state index contributed by atoms with van der Waals surface area (Å²) >= 11 is 0. The van der Waals surface area contributed by atoms with Crippen LogP contribution < -0.4 is 5.32 Å². The van der Waals surface area contributed by atoms with Crippen LogP contribution in [0.2, 0.25) is 0 Å². The van der Waals surface area contributed by atoms with Crippen molar-refractivity contribution in [2.45, 2.75) is 40.5 Å². The molecule has 0 aromatic carbocycles. The van der Waals surface area contributed by atoms with Crippen LogP contribution in [0.5, 0.6) is 0 Å². The van der Waals surface area contributed by atoms with Crippen molar-refractivity contribution >= 4 is 0 Å². The first-order valence-corrected chi connectivity index (χ1v) is 7.22. The van der Waals surface area contributed by atoms with E-state index in [0.717, 1.165) is 48.6 Å². The third-order valence-electron chi connectivity index (χ3n) is 3.52. The molecule has 0 bridgehead atoms. The minimum absolute atomic E-state index is 0.693. The molecule has 2 heterocycles. The number of aryl methyl sites for hydroxylation is 3. The predicted octanol–water partition coefficient (Wildman–Crippen LogP) is 3.20. The third-order valence-corrected chi connectivity index (χ3v) is 3.52. The summed E-state index contributed by atoms with van der Waals surface area (Å²) in [6.07, 6.45) is 3.81. The quantitative estimate of drug-likeness (QED) is 0.821. The SMILES string of the molecule is CCNCCCc1c(C)nc(-c2occc2C)nc1C. The Hall–Kier alpha value is -1.68. The molecular formula is C16H23N3O. The van der Waals surface area contributed by atoms with E-state index in [-0.39, 0.29) is 0 Å². The molecule has 0 atom stereocenters. The van der Waals surface area contributed by atoms with Crippen molar-refractivity contribution in [3.8, 4) is 11.6 Å². The molecule has 0 aliphatic heterocycles. The summed E-state index contributed by atoms with van der Waals surface area (Å²) in [4.78, 5) is 9.22. The Balaban J connectivity index is 2.19. The molecule has 2 aromatic heterocycles. The van der Waals surface area contributed by atoms with Gasteiger partial charge in [-0.1, -0.05) is 6.92 Å². The third kappa shape index (κ3) is 3.25. The molecule has 0 saturated carbocycles. The van der Waals surface area contributed by atoms with Crippen LogP contribution in [-0.4, -0.2) is 23.1 Å². The van der Waals surface area contributed by atoms with Crippen LogP contribution in [-0.2, 0) is 6.42 Å². The Morgan fingerprint density at radius 1 is 1.15 bits per heavy atom. The van der Waals surface area contributed by atoms with Crippen LogP contribution in [0.15, 0.2) is 16.7 Å². The highest BCUT2D eigenvalue weighted by molar-refractivity contribution is 5.53. The number of nitrogens with zero attached hydrogens (tertiary/aromatic N) is 2. The van der Waals surface area contributed by atoms with Crippen LogP contribution >= 0.6 is 0 Å². The van der Waals surface area contributed by atoms with E-state index in [1.54, 1.807) is 6.26 Å². The molecule has 108 valence electrons. The van der Waals surface area contributed by atoms with Gasteiger partial charge in [-0.25, -0.2) is 9.97 Å². The van der Waals surface area contributed by atoms with E-state index < -0.39 is 0 Å². The number of nitrogens with one attached hydrogen (secondary N) is 1. The summed E-state index contributed by atoms with van der Waals surface area (Å²) in [6.45, 7) is 10.3. The van der Waals surface area contributed by atoms with Crippen LogP contribution in [0.3, 0.4) is 0 Å². The zero-order valence-corrected chi connectivity index (χ0v) is 12.8. The molecule has 0 unspecified atom stereocenters. The van der Waals surface area contributed by atoms with Crippen molar-refractivity contribution in [2.75, 3.05) is 13.1 Å². The van der Waals surface area contributed by atoms with E-state index in [1.807, 2.05) is 13.0 Å². The van der Waals surface area contributed by atoms with Crippen molar-refractivity contribution in [1.82, 2.24) is 15.3 Å². The van der Waals surface area contributed by atoms with Gasteiger partial charge >= 0.3 is 0 Å². The van der Waals surface area contributed by atoms with Gasteiger partial charge in [0.05, 0.1) is 6.26 Å². The maximum Gasteiger partial charge on any atom is 0.196 e. The van der Waals surface area contributed by atoms with Crippen molar-refractivity contribution in [2.24, 2.45) is 0 Å². The van der Waals surface area contributed by atoms with E-state index >= 15 is 0 Å². The van der Waals surface area contributed by atoms with Gasteiger partial charge in [-0.05, 0) is 63.9 Å². The highest BCUT2D eigenvalue weighted by Crippen LogP contribution is 2.23. The molecule has 0 saturated heterocycles. The first kappa shape index (κ1) is 14.7. The van der Waals surface area contributed by atoms with Crippen molar-refractivity contribution in [3.05, 3.63) is 34.8 Å². The highest BCUT2D eigenvalue weighted by atomic mass is 16.3. The molecule has 1 N–H and O–H groups in total. The van der Waals surface area contributed by atoms with E-state index in [4.69, 9.17) is 4.42 Å². The lowest BCUT2D eigenvalue weighted by Crippen LogP contribution is -2.15. The van der Waals surface area contributed by atoms with Gasteiger partial charge in [0.25, 0.3) is 0 Å². The Kier molecular flexibility index (Phi) is 4.90. The topological polar surface area (TPSA) is 51.0 Å². The monoisotopic (exact) mass is 273 g/mol. The van der Waals surface area contributed by atoms with Crippen LogP contribution in [0.25, 0.3) is 11.6 Å². The first-order chi connectivity index (χ1) is 9.63. The molecule has 0 spiro atoms. The Labute approximate surface area is 120 Å². The maximum atomic E-state index is 5.48. The van der Waals surface area contributed by atoms with Gasteiger partial charge in [0, 0.05) is 11.4 Å². The fourth-order valence-corrected chi connectivity index (χ4v) is 2.37. The number of furan rings is 1. The largest absolute Gasteiger partial charge is 0.461 e. The van der Waals surface area contributed by atoms with Crippen LogP contribution in [0.1, 0.15) is 35.9 Å². The van der Waals surface area contributed by atoms with Crippen molar-refractivity contribution in [3.63, 3.8) is 0 Å². The van der Waals surface area contributed by atoms with Crippen LogP contribution in [0.4, 0.5) is 0 Å². The fourth-order valence-electron chi connectivity index (χ4n) is 2.37. The second-order valence-corrected chi connectivity index (χ2v) is 5.09. The van der Waals surface area contributed by atoms with Gasteiger partial charge < -0.3 is 9.73 Å². The fraction of sp³-hybridized carbons (Fsp3) is 0.500. The molecule has 0 radical (unpaired) electrons. The van der Waals surface area contributed by atoms with E-state index in [2.05, 4.69) is 36.1 Å². The molecule has 4 nitrogen and oxygen atoms in total. The second-order valence-electron chi connectivity index (χ2n) is 5.09. The minimum atomic E-state index is 0.693. The lowest BCUT2D eigenvalue weighted by Gasteiger charge is -2.10. The number of rotatable bonds is 6. The summed E-state index contributed by atoms with van der Waals surface area (Å²) < 4.78 is 5.48. The zero-order valence-electron chi connectivity index (χ0n) is 12.8. The lowest BCUT2D eigenvalue weighted by atomic mass is 10.1. The molecule has 0 amide bonds. The molecular weight excluding hydrogens is 250 g/mol. The first-order valence-electron chi connectivity index (χ1n) is 7.22. The Morgan fingerprint density at radius 2 is 1.85 bits per heavy atom. The zero-order chi connectivity index (χ0) is 14.5. The molecule has 2 aromatic rings. The molecule has 2 rings (SSSR count). The molecule has 4 heteroatoms. The second kappa shape index (κ2) is 6.66. The van der Waals surface area contributed by atoms with Crippen molar-refractivity contribution < 1.29 is 4.42 Å². The summed E-state index contributed by atoms with van der Waals surface area (Å²) in [5, 5.41) is 3.34. The number of hydrogen-bond acceptors (Lipinski definition) is 4. The number of hydrogen-bond donors (Lipinski definition) is 1. The Morgan fingerprint density at radius 3 is 2.40 bits per heavy atom. The van der Waals surface area contributed by atoms with Crippen molar-refractivity contribution in [1.29, 1.82) is 0 Å². The lowest BCUT2D eigenvalue weighted by molar-refractivity contribution is 0.574. The summed E-state index contributed by atoms with van der Waals surface area (Å²) in [5.41, 5.74) is 4.44. The number of aromatic nitrogens is 2. The molecule has 0 aliphatic carbocycles. The van der Waals surface area contributed by atoms with Gasteiger partial charge in [0.2, 0.25) is 0 Å². The smallest absolute Gasteiger partial charge is 0.196 e. The van der Waals surface area contributed by atoms with Crippen LogP contribution in [0, 0.1) is 20.8 Å². The minimum Gasteiger partial charge on any atom is -0.461 e. The van der Waals surface area contributed by atoms with Gasteiger partial charge in [-0.15, -0.1) is 0 Å². The highest BCUT2D eigenvalue weighted by Gasteiger charge is 2.13. The van der Waals surface area contributed by atoms with Gasteiger partial charge in [0.15, 0.2) is 11.6 Å². The van der Waals surface area contributed by atoms with Gasteiger partial charge in [-0.2, -0.15) is 0 Å². The summed E-state index contributed by atoms with van der Waals surface area (Å²) in [5.74, 6) is 1.47. The summed E-state index contributed by atoms with van der Waals surface area (Å²) in [7, 11) is 0. The predicted molar refractivity (Wildman–Crippen MR) is 80.8 cm³/mol. The van der Waals surface area contributed by atoms with Gasteiger partial charge in [0.1, 0.15) is 0 Å². The van der Waals surface area contributed by atoms with Gasteiger partial charge in [-0.3, -0.25) is 0 Å². The molecule has 20 heavy (non-hydrogen) atoms. The van der Waals surface area contributed by atoms with E-state index in [9.17, 15) is 0 Å². The maximum absolute atomic E-state index is 5.48. The average molecular weight is 273 g/mol. The molecule has 0 fully saturated rings. The Bertz CT molecular complexity index is 552. The van der Waals surface area contributed by atoms with E-state index in [1.165, 1.54) is 5.56 Å². The average Bonchev–Trinajstić information content (AvgIpc) is 2.83. The summed E-state index contributed by atoms with van der Waals surface area (Å²) in [6, 6.07) is 1.94. The van der Waals surface area contributed by atoms with E-state index in [0.29, 0.717) is 5.82 Å². The molecule has 0 aliphatic rings. The standard InChI is InChI=1S/C16H23N3O/c1-5-17-9-6-7-14-12(3)18-16(19-13(14)4)15-11(2)8-10-20-15/h8,10,17H,5-7,9H2,1-4H3. The normalized spacial score (nSPS) is 11.0.